The number of carbonyl (C=O) groups is 1. The van der Waals surface area contributed by atoms with Gasteiger partial charge in [0.2, 0.25) is 5.91 Å². The number of carbonyl (C=O) groups excluding carboxylic acids is 1. The van der Waals surface area contributed by atoms with Crippen molar-refractivity contribution in [3.8, 4) is 0 Å². The van der Waals surface area contributed by atoms with Crippen LogP contribution in [-0.4, -0.2) is 35.8 Å². The van der Waals surface area contributed by atoms with Crippen molar-refractivity contribution in [3.63, 3.8) is 0 Å². The summed E-state index contributed by atoms with van der Waals surface area (Å²) in [6, 6.07) is 16.9. The van der Waals surface area contributed by atoms with Crippen LogP contribution in [0.15, 0.2) is 57.8 Å². The number of nitrogens with zero attached hydrogens (tertiary/aromatic N) is 2. The normalized spacial score (nSPS) is 15.1. The van der Waals surface area contributed by atoms with E-state index in [4.69, 9.17) is 4.42 Å². The molecule has 2 heterocycles. The Bertz CT molecular complexity index is 943. The minimum absolute atomic E-state index is 0.0978. The van der Waals surface area contributed by atoms with Gasteiger partial charge in [0.1, 0.15) is 5.52 Å². The van der Waals surface area contributed by atoms with Crippen molar-refractivity contribution >= 4 is 34.8 Å². The maximum atomic E-state index is 12.4. The van der Waals surface area contributed by atoms with Gasteiger partial charge in [0, 0.05) is 29.8 Å². The molecule has 1 N–H and O–H groups in total. The number of aromatic nitrogens is 1. The highest BCUT2D eigenvalue weighted by Crippen LogP contribution is 2.26. The summed E-state index contributed by atoms with van der Waals surface area (Å²) in [7, 11) is 0. The second-order valence-electron chi connectivity index (χ2n) is 8.19. The Hall–Kier alpha value is -2.47. The number of hydrogen-bond donors (Lipinski definition) is 1. The average Bonchev–Trinajstić information content (AvgIpc) is 3.18. The summed E-state index contributed by atoms with van der Waals surface area (Å²) < 4.78 is 5.88. The van der Waals surface area contributed by atoms with Crippen LogP contribution in [0.2, 0.25) is 0 Å². The molecule has 158 valence electrons. The Morgan fingerprint density at radius 1 is 1.17 bits per heavy atom. The number of anilines is 1. The van der Waals surface area contributed by atoms with E-state index in [1.54, 1.807) is 0 Å². The van der Waals surface area contributed by atoms with Crippen LogP contribution in [0.3, 0.4) is 0 Å². The van der Waals surface area contributed by atoms with Gasteiger partial charge in [-0.1, -0.05) is 38.1 Å². The molecule has 5 nitrogen and oxygen atoms in total. The molecular weight excluding hydrogens is 394 g/mol. The monoisotopic (exact) mass is 423 g/mol. The first-order chi connectivity index (χ1) is 14.6. The number of benzene rings is 2. The number of nitrogens with one attached hydrogen (secondary N) is 1. The predicted octanol–water partition coefficient (Wildman–Crippen LogP) is 4.90. The molecule has 0 radical (unpaired) electrons. The number of piperidine rings is 1. The third kappa shape index (κ3) is 5.36. The molecule has 1 saturated heterocycles. The molecule has 0 saturated carbocycles. The fraction of sp³-hybridized carbons (Fsp3) is 0.417. The Kier molecular flexibility index (Phi) is 6.62. The van der Waals surface area contributed by atoms with Crippen LogP contribution < -0.4 is 10.2 Å². The molecular formula is C24H29N3O2S. The van der Waals surface area contributed by atoms with Crippen molar-refractivity contribution in [2.75, 3.05) is 24.5 Å². The molecule has 0 atom stereocenters. The van der Waals surface area contributed by atoms with E-state index >= 15 is 0 Å². The van der Waals surface area contributed by atoms with Gasteiger partial charge in [0.05, 0.1) is 6.42 Å². The van der Waals surface area contributed by atoms with E-state index in [-0.39, 0.29) is 5.91 Å². The maximum absolute atomic E-state index is 12.4. The fourth-order valence-corrected chi connectivity index (χ4v) is 4.63. The van der Waals surface area contributed by atoms with Crippen molar-refractivity contribution in [1.29, 1.82) is 0 Å². The summed E-state index contributed by atoms with van der Waals surface area (Å²) in [6.07, 6.45) is 2.49. The highest BCUT2D eigenvalue weighted by atomic mass is 32.2. The largest absolute Gasteiger partial charge is 0.423 e. The van der Waals surface area contributed by atoms with Gasteiger partial charge in [-0.15, -0.1) is 11.8 Å². The van der Waals surface area contributed by atoms with Crippen LogP contribution in [-0.2, 0) is 11.2 Å². The second kappa shape index (κ2) is 9.56. The topological polar surface area (TPSA) is 58.4 Å². The molecule has 1 amide bonds. The average molecular weight is 424 g/mol. The summed E-state index contributed by atoms with van der Waals surface area (Å²) in [5.41, 5.74) is 2.79. The molecule has 0 bridgehead atoms. The van der Waals surface area contributed by atoms with Gasteiger partial charge in [-0.05, 0) is 48.6 Å². The van der Waals surface area contributed by atoms with E-state index < -0.39 is 0 Å². The number of hydrogen-bond acceptors (Lipinski definition) is 5. The van der Waals surface area contributed by atoms with E-state index in [0.717, 1.165) is 49.1 Å². The van der Waals surface area contributed by atoms with Gasteiger partial charge in [0.25, 0.3) is 6.01 Å². The minimum atomic E-state index is 0.0978. The standard InChI is InChI=1S/C24H29N3O2S/c1-17(2)30-20-9-7-18(8-10-20)15-23(28)25-16-19-11-13-27(14-12-19)24-26-21-5-3-4-6-22(21)29-24/h3-10,17,19H,11-16H2,1-2H3,(H,25,28). The third-order valence-electron chi connectivity index (χ3n) is 5.42. The van der Waals surface area contributed by atoms with Gasteiger partial charge in [-0.2, -0.15) is 4.98 Å². The number of amides is 1. The van der Waals surface area contributed by atoms with Crippen LogP contribution in [0.4, 0.5) is 6.01 Å². The summed E-state index contributed by atoms with van der Waals surface area (Å²) in [4.78, 5) is 20.4. The second-order valence-corrected chi connectivity index (χ2v) is 9.84. The van der Waals surface area contributed by atoms with Crippen LogP contribution in [0.25, 0.3) is 11.1 Å². The molecule has 1 fully saturated rings. The van der Waals surface area contributed by atoms with E-state index in [0.29, 0.717) is 23.6 Å². The van der Waals surface area contributed by atoms with Gasteiger partial charge >= 0.3 is 0 Å². The summed E-state index contributed by atoms with van der Waals surface area (Å²) >= 11 is 1.84. The molecule has 1 aliphatic heterocycles. The molecule has 6 heteroatoms. The third-order valence-corrected chi connectivity index (χ3v) is 6.43. The zero-order valence-corrected chi connectivity index (χ0v) is 18.5. The van der Waals surface area contributed by atoms with Crippen LogP contribution in [0.5, 0.6) is 0 Å². The first kappa shape index (κ1) is 20.8. The Morgan fingerprint density at radius 3 is 2.60 bits per heavy atom. The molecule has 0 unspecified atom stereocenters. The first-order valence-electron chi connectivity index (χ1n) is 10.7. The van der Waals surface area contributed by atoms with E-state index in [2.05, 4.69) is 53.3 Å². The smallest absolute Gasteiger partial charge is 0.298 e. The molecule has 1 aliphatic rings. The van der Waals surface area contributed by atoms with E-state index in [1.807, 2.05) is 36.0 Å². The van der Waals surface area contributed by atoms with Crippen LogP contribution in [0, 0.1) is 5.92 Å². The van der Waals surface area contributed by atoms with Crippen molar-refractivity contribution in [3.05, 3.63) is 54.1 Å². The van der Waals surface area contributed by atoms with Crippen LogP contribution >= 0.6 is 11.8 Å². The first-order valence-corrected chi connectivity index (χ1v) is 11.6. The van der Waals surface area contributed by atoms with Gasteiger partial charge < -0.3 is 14.6 Å². The lowest BCUT2D eigenvalue weighted by molar-refractivity contribution is -0.120. The van der Waals surface area contributed by atoms with E-state index in [1.165, 1.54) is 4.90 Å². The quantitative estimate of drug-likeness (QED) is 0.548. The fourth-order valence-electron chi connectivity index (χ4n) is 3.79. The molecule has 0 spiro atoms. The molecule has 2 aromatic carbocycles. The molecule has 4 rings (SSSR count). The Balaban J connectivity index is 1.21. The molecule has 0 aliphatic carbocycles. The van der Waals surface area contributed by atoms with Crippen molar-refractivity contribution in [2.45, 2.75) is 43.3 Å². The van der Waals surface area contributed by atoms with Crippen molar-refractivity contribution in [2.24, 2.45) is 5.92 Å². The number of fused-ring (bicyclic) bond motifs is 1. The number of para-hydroxylation sites is 2. The Labute approximate surface area is 182 Å². The number of oxazole rings is 1. The summed E-state index contributed by atoms with van der Waals surface area (Å²) in [6.45, 7) is 6.92. The number of thioether (sulfide) groups is 1. The minimum Gasteiger partial charge on any atom is -0.423 e. The summed E-state index contributed by atoms with van der Waals surface area (Å²) in [5.74, 6) is 0.597. The zero-order valence-electron chi connectivity index (χ0n) is 17.6. The lowest BCUT2D eigenvalue weighted by atomic mass is 9.97. The van der Waals surface area contributed by atoms with Crippen molar-refractivity contribution in [1.82, 2.24) is 10.3 Å². The van der Waals surface area contributed by atoms with Gasteiger partial charge in [0.15, 0.2) is 5.58 Å². The predicted molar refractivity (Wildman–Crippen MR) is 123 cm³/mol. The lowest BCUT2D eigenvalue weighted by Crippen LogP contribution is -2.39. The van der Waals surface area contributed by atoms with Crippen molar-refractivity contribution < 1.29 is 9.21 Å². The summed E-state index contributed by atoms with van der Waals surface area (Å²) in [5, 5.41) is 3.69. The highest BCUT2D eigenvalue weighted by Gasteiger charge is 2.23. The SMILES string of the molecule is CC(C)Sc1ccc(CC(=O)NCC2CCN(c3nc4ccccc4o3)CC2)cc1. The van der Waals surface area contributed by atoms with Gasteiger partial charge in [-0.25, -0.2) is 0 Å². The van der Waals surface area contributed by atoms with E-state index in [9.17, 15) is 4.79 Å². The maximum Gasteiger partial charge on any atom is 0.298 e. The molecule has 1 aromatic heterocycles. The highest BCUT2D eigenvalue weighted by molar-refractivity contribution is 7.99. The molecule has 30 heavy (non-hydrogen) atoms. The number of rotatable bonds is 7. The molecule has 3 aromatic rings. The lowest BCUT2D eigenvalue weighted by Gasteiger charge is -2.30. The Morgan fingerprint density at radius 2 is 1.90 bits per heavy atom. The van der Waals surface area contributed by atoms with Crippen LogP contribution in [0.1, 0.15) is 32.3 Å². The zero-order chi connectivity index (χ0) is 20.9. The van der Waals surface area contributed by atoms with Gasteiger partial charge in [-0.3, -0.25) is 4.79 Å².